The molecule has 0 aliphatic heterocycles. The number of aryl methyl sites for hydroxylation is 1. The van der Waals surface area contributed by atoms with Gasteiger partial charge in [-0.3, -0.25) is 4.79 Å². The maximum Gasteiger partial charge on any atom is 0.258 e. The van der Waals surface area contributed by atoms with E-state index in [-0.39, 0.29) is 11.4 Å². The molecular weight excluding hydrogens is 408 g/mol. The van der Waals surface area contributed by atoms with E-state index in [9.17, 15) is 4.79 Å². The highest BCUT2D eigenvalue weighted by atomic mass is 79.9. The Balaban J connectivity index is 1.73. The van der Waals surface area contributed by atoms with Crippen LogP contribution in [-0.2, 0) is 5.54 Å². The van der Waals surface area contributed by atoms with Gasteiger partial charge in [-0.1, -0.05) is 22.0 Å². The lowest BCUT2D eigenvalue weighted by Crippen LogP contribution is -2.26. The largest absolute Gasteiger partial charge is 0.439 e. The Hall–Kier alpha value is -2.67. The summed E-state index contributed by atoms with van der Waals surface area (Å²) in [6, 6.07) is 12.7. The fourth-order valence-electron chi connectivity index (χ4n) is 2.51. The van der Waals surface area contributed by atoms with Gasteiger partial charge >= 0.3 is 0 Å². The Morgan fingerprint density at radius 2 is 1.96 bits per heavy atom. The second-order valence-electron chi connectivity index (χ2n) is 7.15. The molecule has 1 N–H and O–H groups in total. The molecule has 2 heterocycles. The van der Waals surface area contributed by atoms with Crippen molar-refractivity contribution in [2.24, 2.45) is 0 Å². The topological polar surface area (TPSA) is 69.0 Å². The third kappa shape index (κ3) is 4.74. The number of anilines is 1. The molecule has 6 nitrogen and oxygen atoms in total. The van der Waals surface area contributed by atoms with Crippen LogP contribution < -0.4 is 10.1 Å². The van der Waals surface area contributed by atoms with Gasteiger partial charge in [0.2, 0.25) is 5.88 Å². The van der Waals surface area contributed by atoms with Crippen LogP contribution in [0.5, 0.6) is 11.6 Å². The number of rotatable bonds is 4. The quantitative estimate of drug-likeness (QED) is 0.623. The average molecular weight is 429 g/mol. The van der Waals surface area contributed by atoms with Crippen molar-refractivity contribution in [1.29, 1.82) is 0 Å². The molecule has 0 atom stereocenters. The minimum atomic E-state index is -0.248. The Morgan fingerprint density at radius 3 is 2.59 bits per heavy atom. The predicted octanol–water partition coefficient (Wildman–Crippen LogP) is 5.15. The summed E-state index contributed by atoms with van der Waals surface area (Å²) in [4.78, 5) is 16.8. The van der Waals surface area contributed by atoms with Crippen molar-refractivity contribution in [3.8, 4) is 11.6 Å². The zero-order valence-electron chi connectivity index (χ0n) is 15.7. The summed E-state index contributed by atoms with van der Waals surface area (Å²) in [5.41, 5.74) is 1.04. The van der Waals surface area contributed by atoms with E-state index in [1.54, 1.807) is 16.8 Å². The Kier molecular flexibility index (Phi) is 5.32. The first-order valence-corrected chi connectivity index (χ1v) is 9.30. The van der Waals surface area contributed by atoms with Crippen LogP contribution in [0, 0.1) is 6.92 Å². The minimum absolute atomic E-state index is 0.239. The number of nitrogens with one attached hydrogen (secondary N) is 1. The summed E-state index contributed by atoms with van der Waals surface area (Å²) in [6.45, 7) is 7.99. The van der Waals surface area contributed by atoms with Crippen LogP contribution in [0.2, 0.25) is 0 Å². The Bertz CT molecular complexity index is 959. The van der Waals surface area contributed by atoms with E-state index in [0.717, 1.165) is 10.2 Å². The van der Waals surface area contributed by atoms with Gasteiger partial charge in [-0.05, 0) is 52.0 Å². The number of benzene rings is 1. The standard InChI is InChI=1S/C20H21BrN4O2/c1-13-10-17(25(24-13)20(2,3)4)23-19(26)14-8-9-18(22-12-14)27-16-7-5-6-15(21)11-16/h5-12H,1-4H3,(H,23,26). The molecule has 3 rings (SSSR count). The lowest BCUT2D eigenvalue weighted by molar-refractivity contribution is 0.102. The number of amides is 1. The van der Waals surface area contributed by atoms with Gasteiger partial charge in [0, 0.05) is 22.8 Å². The average Bonchev–Trinajstić information content (AvgIpc) is 2.96. The first-order chi connectivity index (χ1) is 12.7. The molecule has 140 valence electrons. The number of carbonyl (C=O) groups is 1. The number of aromatic nitrogens is 3. The van der Waals surface area contributed by atoms with Gasteiger partial charge in [-0.15, -0.1) is 0 Å². The van der Waals surface area contributed by atoms with Crippen LogP contribution in [0.4, 0.5) is 5.82 Å². The molecule has 0 radical (unpaired) electrons. The number of carbonyl (C=O) groups excluding carboxylic acids is 1. The highest BCUT2D eigenvalue weighted by molar-refractivity contribution is 9.10. The van der Waals surface area contributed by atoms with Crippen LogP contribution in [0.1, 0.15) is 36.8 Å². The molecule has 0 saturated carbocycles. The minimum Gasteiger partial charge on any atom is -0.439 e. The molecule has 3 aromatic rings. The summed E-state index contributed by atoms with van der Waals surface area (Å²) in [7, 11) is 0. The van der Waals surface area contributed by atoms with Crippen molar-refractivity contribution in [3.63, 3.8) is 0 Å². The van der Waals surface area contributed by atoms with E-state index in [1.807, 2.05) is 58.0 Å². The molecule has 0 aliphatic rings. The van der Waals surface area contributed by atoms with Gasteiger partial charge in [0.05, 0.1) is 16.8 Å². The van der Waals surface area contributed by atoms with Crippen molar-refractivity contribution in [2.75, 3.05) is 5.32 Å². The van der Waals surface area contributed by atoms with E-state index in [2.05, 4.69) is 31.3 Å². The second kappa shape index (κ2) is 7.52. The lowest BCUT2D eigenvalue weighted by Gasteiger charge is -2.22. The van der Waals surface area contributed by atoms with E-state index < -0.39 is 0 Å². The molecular formula is C20H21BrN4O2. The van der Waals surface area contributed by atoms with Crippen molar-refractivity contribution in [2.45, 2.75) is 33.2 Å². The van der Waals surface area contributed by atoms with Crippen LogP contribution >= 0.6 is 15.9 Å². The van der Waals surface area contributed by atoms with Gasteiger partial charge in [-0.2, -0.15) is 5.10 Å². The number of hydrogen-bond donors (Lipinski definition) is 1. The molecule has 0 bridgehead atoms. The SMILES string of the molecule is Cc1cc(NC(=O)c2ccc(Oc3cccc(Br)c3)nc2)n(C(C)(C)C)n1. The molecule has 7 heteroatoms. The maximum atomic E-state index is 12.6. The van der Waals surface area contributed by atoms with E-state index in [0.29, 0.717) is 23.0 Å². The monoisotopic (exact) mass is 428 g/mol. The third-order valence-corrected chi connectivity index (χ3v) is 4.22. The normalized spacial score (nSPS) is 11.3. The molecule has 27 heavy (non-hydrogen) atoms. The molecule has 1 aromatic carbocycles. The predicted molar refractivity (Wildman–Crippen MR) is 108 cm³/mol. The summed E-state index contributed by atoms with van der Waals surface area (Å²) < 4.78 is 8.41. The molecule has 1 amide bonds. The highest BCUT2D eigenvalue weighted by Gasteiger charge is 2.20. The van der Waals surface area contributed by atoms with E-state index >= 15 is 0 Å². The van der Waals surface area contributed by atoms with Crippen molar-refractivity contribution in [1.82, 2.24) is 14.8 Å². The van der Waals surface area contributed by atoms with Crippen molar-refractivity contribution in [3.05, 3.63) is 64.4 Å². The maximum absolute atomic E-state index is 12.6. The van der Waals surface area contributed by atoms with Crippen LogP contribution in [0.15, 0.2) is 53.1 Å². The lowest BCUT2D eigenvalue weighted by atomic mass is 10.1. The number of hydrogen-bond acceptors (Lipinski definition) is 4. The van der Waals surface area contributed by atoms with Gasteiger partial charge < -0.3 is 10.1 Å². The fraction of sp³-hybridized carbons (Fsp3) is 0.250. The zero-order chi connectivity index (χ0) is 19.6. The van der Waals surface area contributed by atoms with Crippen LogP contribution in [0.25, 0.3) is 0 Å². The summed E-state index contributed by atoms with van der Waals surface area (Å²) >= 11 is 3.40. The third-order valence-electron chi connectivity index (χ3n) is 3.73. The number of nitrogens with zero attached hydrogens (tertiary/aromatic N) is 3. The molecule has 0 unspecified atom stereocenters. The Morgan fingerprint density at radius 1 is 1.19 bits per heavy atom. The molecule has 0 fully saturated rings. The fourth-order valence-corrected chi connectivity index (χ4v) is 2.89. The smallest absolute Gasteiger partial charge is 0.258 e. The molecule has 2 aromatic heterocycles. The van der Waals surface area contributed by atoms with Gasteiger partial charge in [0.15, 0.2) is 0 Å². The van der Waals surface area contributed by atoms with Gasteiger partial charge in [0.25, 0.3) is 5.91 Å². The summed E-state index contributed by atoms with van der Waals surface area (Å²) in [5.74, 6) is 1.49. The number of pyridine rings is 1. The summed E-state index contributed by atoms with van der Waals surface area (Å²) in [6.07, 6.45) is 1.49. The van der Waals surface area contributed by atoms with Gasteiger partial charge in [-0.25, -0.2) is 9.67 Å². The zero-order valence-corrected chi connectivity index (χ0v) is 17.2. The highest BCUT2D eigenvalue weighted by Crippen LogP contribution is 2.24. The van der Waals surface area contributed by atoms with Gasteiger partial charge in [0.1, 0.15) is 11.6 Å². The van der Waals surface area contributed by atoms with Crippen LogP contribution in [-0.4, -0.2) is 20.7 Å². The number of halogens is 1. The molecule has 0 aliphatic carbocycles. The van der Waals surface area contributed by atoms with E-state index in [1.165, 1.54) is 6.20 Å². The second-order valence-corrected chi connectivity index (χ2v) is 8.07. The van der Waals surface area contributed by atoms with Crippen molar-refractivity contribution < 1.29 is 9.53 Å². The van der Waals surface area contributed by atoms with E-state index in [4.69, 9.17) is 4.74 Å². The molecule has 0 spiro atoms. The van der Waals surface area contributed by atoms with Crippen molar-refractivity contribution >= 4 is 27.7 Å². The van der Waals surface area contributed by atoms with Crippen LogP contribution in [0.3, 0.4) is 0 Å². The number of ether oxygens (including phenoxy) is 1. The first kappa shape index (κ1) is 19.1. The Labute approximate surface area is 166 Å². The summed E-state index contributed by atoms with van der Waals surface area (Å²) in [5, 5.41) is 7.36. The molecule has 0 saturated heterocycles. The first-order valence-electron chi connectivity index (χ1n) is 8.50.